The highest BCUT2D eigenvalue weighted by Crippen LogP contribution is 2.22. The number of likely N-dealkylation sites (tertiary alicyclic amines) is 1. The number of rotatable bonds is 4. The van der Waals surface area contributed by atoms with Gasteiger partial charge in [0.05, 0.1) is 0 Å². The van der Waals surface area contributed by atoms with Gasteiger partial charge < -0.3 is 20.4 Å². The molecule has 1 unspecified atom stereocenters. The van der Waals surface area contributed by atoms with Crippen LogP contribution in [0.25, 0.3) is 0 Å². The van der Waals surface area contributed by atoms with E-state index in [1.807, 2.05) is 0 Å². The van der Waals surface area contributed by atoms with Gasteiger partial charge in [0.25, 0.3) is 5.91 Å². The van der Waals surface area contributed by atoms with E-state index >= 15 is 0 Å². The summed E-state index contributed by atoms with van der Waals surface area (Å²) in [6, 6.07) is 4.34. The summed E-state index contributed by atoms with van der Waals surface area (Å²) in [5.41, 5.74) is 0.332. The zero-order chi connectivity index (χ0) is 14.5. The number of nitrogens with zero attached hydrogens (tertiary/aromatic N) is 1. The van der Waals surface area contributed by atoms with Gasteiger partial charge in [-0.2, -0.15) is 0 Å². The third-order valence-electron chi connectivity index (χ3n) is 3.54. The third-order valence-corrected chi connectivity index (χ3v) is 3.54. The third kappa shape index (κ3) is 3.63. The minimum Gasteiger partial charge on any atom is -0.508 e. The lowest BCUT2D eigenvalue weighted by Crippen LogP contribution is -2.48. The summed E-state index contributed by atoms with van der Waals surface area (Å²) in [7, 11) is 0. The topological polar surface area (TPSA) is 72.8 Å². The van der Waals surface area contributed by atoms with Crippen molar-refractivity contribution < 1.29 is 15.0 Å². The summed E-state index contributed by atoms with van der Waals surface area (Å²) in [6.45, 7) is 4.47. The summed E-state index contributed by atoms with van der Waals surface area (Å²) in [5, 5.41) is 22.4. The van der Waals surface area contributed by atoms with Crippen molar-refractivity contribution >= 4 is 5.91 Å². The predicted octanol–water partition coefficient (Wildman–Crippen LogP) is 1.70. The van der Waals surface area contributed by atoms with Crippen LogP contribution < -0.4 is 5.32 Å². The van der Waals surface area contributed by atoms with Crippen LogP contribution in [0.1, 0.15) is 36.5 Å². The van der Waals surface area contributed by atoms with E-state index in [1.165, 1.54) is 18.2 Å². The van der Waals surface area contributed by atoms with Gasteiger partial charge in [0.15, 0.2) is 0 Å². The number of carbonyl (C=O) groups is 1. The lowest BCUT2D eigenvalue weighted by atomic mass is 10.0. The first-order valence-corrected chi connectivity index (χ1v) is 7.16. The number of carbonyl (C=O) groups excluding carboxylic acids is 1. The van der Waals surface area contributed by atoms with E-state index in [-0.39, 0.29) is 17.4 Å². The maximum atomic E-state index is 12.4. The second kappa shape index (κ2) is 6.61. The summed E-state index contributed by atoms with van der Waals surface area (Å²) < 4.78 is 0. The molecule has 1 aliphatic heterocycles. The highest BCUT2D eigenvalue weighted by molar-refractivity contribution is 5.95. The largest absolute Gasteiger partial charge is 0.508 e. The summed E-state index contributed by atoms with van der Waals surface area (Å²) in [4.78, 5) is 14.2. The van der Waals surface area contributed by atoms with E-state index in [9.17, 15) is 15.0 Å². The van der Waals surface area contributed by atoms with Gasteiger partial charge in [-0.25, -0.2) is 0 Å². The molecular weight excluding hydrogens is 256 g/mol. The van der Waals surface area contributed by atoms with Gasteiger partial charge in [0.1, 0.15) is 11.5 Å². The second-order valence-electron chi connectivity index (χ2n) is 5.28. The van der Waals surface area contributed by atoms with Gasteiger partial charge in [0, 0.05) is 30.8 Å². The lowest BCUT2D eigenvalue weighted by Gasteiger charge is -2.33. The van der Waals surface area contributed by atoms with Crippen molar-refractivity contribution in [3.63, 3.8) is 0 Å². The average molecular weight is 278 g/mol. The Hall–Kier alpha value is -1.75. The van der Waals surface area contributed by atoms with Crippen LogP contribution in [0.4, 0.5) is 0 Å². The number of hydrogen-bond donors (Lipinski definition) is 3. The minimum atomic E-state index is -0.140. The van der Waals surface area contributed by atoms with Crippen molar-refractivity contribution in [2.45, 2.75) is 32.2 Å². The van der Waals surface area contributed by atoms with Gasteiger partial charge >= 0.3 is 0 Å². The number of amides is 1. The molecule has 1 aromatic rings. The van der Waals surface area contributed by atoms with Crippen molar-refractivity contribution in [2.75, 3.05) is 19.6 Å². The number of benzene rings is 1. The van der Waals surface area contributed by atoms with Crippen LogP contribution in [-0.2, 0) is 0 Å². The fourth-order valence-corrected chi connectivity index (χ4v) is 2.58. The molecule has 1 atom stereocenters. The van der Waals surface area contributed by atoms with Crippen LogP contribution in [0.2, 0.25) is 0 Å². The number of piperidine rings is 1. The van der Waals surface area contributed by atoms with Gasteiger partial charge in [-0.1, -0.05) is 6.92 Å². The van der Waals surface area contributed by atoms with E-state index in [2.05, 4.69) is 12.2 Å². The molecular formula is C15H22N2O3. The molecule has 3 N–H and O–H groups in total. The number of nitrogens with one attached hydrogen (secondary N) is 1. The maximum Gasteiger partial charge on any atom is 0.254 e. The van der Waals surface area contributed by atoms with Gasteiger partial charge in [-0.3, -0.25) is 4.79 Å². The van der Waals surface area contributed by atoms with Gasteiger partial charge in [-0.15, -0.1) is 0 Å². The van der Waals surface area contributed by atoms with Crippen LogP contribution in [0.5, 0.6) is 11.5 Å². The normalized spacial score (nSPS) is 19.1. The molecule has 5 nitrogen and oxygen atoms in total. The zero-order valence-corrected chi connectivity index (χ0v) is 11.8. The minimum absolute atomic E-state index is 0.0917. The van der Waals surface area contributed by atoms with Gasteiger partial charge in [-0.05, 0) is 37.9 Å². The quantitative estimate of drug-likeness (QED) is 0.784. The molecule has 1 amide bonds. The Morgan fingerprint density at radius 2 is 2.05 bits per heavy atom. The molecule has 0 aromatic heterocycles. The zero-order valence-electron chi connectivity index (χ0n) is 11.8. The van der Waals surface area contributed by atoms with Crippen LogP contribution in [0.15, 0.2) is 18.2 Å². The van der Waals surface area contributed by atoms with Gasteiger partial charge in [0.2, 0.25) is 0 Å². The Kier molecular flexibility index (Phi) is 4.84. The molecule has 1 aromatic carbocycles. The van der Waals surface area contributed by atoms with Crippen LogP contribution >= 0.6 is 0 Å². The molecule has 1 fully saturated rings. The van der Waals surface area contributed by atoms with Crippen molar-refractivity contribution in [3.8, 4) is 11.5 Å². The van der Waals surface area contributed by atoms with Crippen LogP contribution in [0.3, 0.4) is 0 Å². The summed E-state index contributed by atoms with van der Waals surface area (Å²) >= 11 is 0. The molecule has 0 aliphatic carbocycles. The maximum absolute atomic E-state index is 12.4. The summed E-state index contributed by atoms with van der Waals surface area (Å²) in [5.74, 6) is -0.323. The first kappa shape index (κ1) is 14.7. The fraction of sp³-hybridized carbons (Fsp3) is 0.533. The van der Waals surface area contributed by atoms with E-state index < -0.39 is 0 Å². The molecule has 20 heavy (non-hydrogen) atoms. The van der Waals surface area contributed by atoms with Crippen LogP contribution in [0, 0.1) is 0 Å². The molecule has 110 valence electrons. The molecule has 5 heteroatoms. The monoisotopic (exact) mass is 278 g/mol. The Labute approximate surface area is 119 Å². The predicted molar refractivity (Wildman–Crippen MR) is 77.0 cm³/mol. The van der Waals surface area contributed by atoms with E-state index in [0.29, 0.717) is 18.2 Å². The molecule has 1 aliphatic rings. The standard InChI is InChI=1S/C15H22N2O3/c1-2-5-16-12-4-3-6-17(10-12)15(20)11-7-13(18)9-14(19)8-11/h7-9,12,16,18-19H,2-6,10H2,1H3. The SMILES string of the molecule is CCCNC1CCCN(C(=O)c2cc(O)cc(O)c2)C1. The molecule has 0 radical (unpaired) electrons. The Morgan fingerprint density at radius 3 is 2.70 bits per heavy atom. The fourth-order valence-electron chi connectivity index (χ4n) is 2.58. The number of aromatic hydroxyl groups is 2. The highest BCUT2D eigenvalue weighted by Gasteiger charge is 2.24. The first-order valence-electron chi connectivity index (χ1n) is 7.16. The molecule has 0 bridgehead atoms. The molecule has 2 rings (SSSR count). The average Bonchev–Trinajstić information content (AvgIpc) is 2.43. The highest BCUT2D eigenvalue weighted by atomic mass is 16.3. The first-order chi connectivity index (χ1) is 9.60. The molecule has 0 spiro atoms. The van der Waals surface area contributed by atoms with E-state index in [0.717, 1.165) is 32.4 Å². The smallest absolute Gasteiger partial charge is 0.254 e. The Balaban J connectivity index is 2.04. The van der Waals surface area contributed by atoms with Crippen molar-refractivity contribution in [1.29, 1.82) is 0 Å². The molecule has 0 saturated carbocycles. The molecule has 1 saturated heterocycles. The van der Waals surface area contributed by atoms with E-state index in [4.69, 9.17) is 0 Å². The number of phenolic OH excluding ortho intramolecular Hbond substituents is 2. The second-order valence-corrected chi connectivity index (χ2v) is 5.28. The number of hydrogen-bond acceptors (Lipinski definition) is 4. The number of phenols is 2. The van der Waals surface area contributed by atoms with Crippen molar-refractivity contribution in [2.24, 2.45) is 0 Å². The lowest BCUT2D eigenvalue weighted by molar-refractivity contribution is 0.0694. The summed E-state index contributed by atoms with van der Waals surface area (Å²) in [6.07, 6.45) is 3.12. The Morgan fingerprint density at radius 1 is 1.35 bits per heavy atom. The van der Waals surface area contributed by atoms with Crippen molar-refractivity contribution in [3.05, 3.63) is 23.8 Å². The molecule has 1 heterocycles. The van der Waals surface area contributed by atoms with E-state index in [1.54, 1.807) is 4.90 Å². The van der Waals surface area contributed by atoms with Crippen molar-refractivity contribution in [1.82, 2.24) is 10.2 Å². The Bertz CT molecular complexity index is 456. The van der Waals surface area contributed by atoms with Crippen LogP contribution in [-0.4, -0.2) is 46.7 Å².